The Hall–Kier alpha value is -1.81. The molecule has 0 aromatic heterocycles. The summed E-state index contributed by atoms with van der Waals surface area (Å²) in [6, 6.07) is 6.12. The number of nitrogens with one attached hydrogen (secondary N) is 1. The molecule has 3 rings (SSSR count). The molecule has 4 heteroatoms. The van der Waals surface area contributed by atoms with Gasteiger partial charge in [0.15, 0.2) is 0 Å². The molecule has 1 saturated heterocycles. The summed E-state index contributed by atoms with van der Waals surface area (Å²) in [5.41, 5.74) is 2.18. The maximum Gasteiger partial charge on any atom is 0.224 e. The van der Waals surface area contributed by atoms with Crippen molar-refractivity contribution >= 4 is 5.91 Å². The van der Waals surface area contributed by atoms with Crippen LogP contribution in [-0.2, 0) is 16.1 Å². The maximum atomic E-state index is 12.2. The number of benzene rings is 1. The van der Waals surface area contributed by atoms with Crippen LogP contribution in [0.4, 0.5) is 0 Å². The van der Waals surface area contributed by atoms with Gasteiger partial charge in [-0.05, 0) is 44.2 Å². The van der Waals surface area contributed by atoms with Gasteiger partial charge in [-0.25, -0.2) is 0 Å². The summed E-state index contributed by atoms with van der Waals surface area (Å²) in [5.74, 6) is 1.07. The van der Waals surface area contributed by atoms with Gasteiger partial charge in [-0.3, -0.25) is 4.79 Å². The summed E-state index contributed by atoms with van der Waals surface area (Å²) < 4.78 is 11.6. The van der Waals surface area contributed by atoms with Crippen molar-refractivity contribution in [2.75, 3.05) is 13.2 Å². The van der Waals surface area contributed by atoms with Crippen LogP contribution < -0.4 is 10.1 Å². The van der Waals surface area contributed by atoms with Crippen molar-refractivity contribution in [2.24, 2.45) is 5.92 Å². The minimum atomic E-state index is 0.0942. The number of hydrogen-bond acceptors (Lipinski definition) is 3. The van der Waals surface area contributed by atoms with Crippen molar-refractivity contribution in [1.82, 2.24) is 5.32 Å². The van der Waals surface area contributed by atoms with Crippen molar-refractivity contribution in [2.45, 2.75) is 45.3 Å². The van der Waals surface area contributed by atoms with Gasteiger partial charge in [0.05, 0.1) is 6.10 Å². The van der Waals surface area contributed by atoms with Crippen molar-refractivity contribution in [3.8, 4) is 5.75 Å². The average molecular weight is 315 g/mol. The molecule has 1 aliphatic heterocycles. The fourth-order valence-electron chi connectivity index (χ4n) is 3.06. The normalized spacial score (nSPS) is 20.8. The van der Waals surface area contributed by atoms with E-state index in [1.54, 1.807) is 0 Å². The van der Waals surface area contributed by atoms with Gasteiger partial charge in [0.1, 0.15) is 12.4 Å². The van der Waals surface area contributed by atoms with Crippen LogP contribution in [0.15, 0.2) is 30.4 Å². The smallest absolute Gasteiger partial charge is 0.224 e. The van der Waals surface area contributed by atoms with E-state index in [1.165, 1.54) is 0 Å². The topological polar surface area (TPSA) is 47.6 Å². The third kappa shape index (κ3) is 4.35. The Morgan fingerprint density at radius 2 is 2.17 bits per heavy atom. The largest absolute Gasteiger partial charge is 0.491 e. The van der Waals surface area contributed by atoms with Gasteiger partial charge in [-0.2, -0.15) is 0 Å². The summed E-state index contributed by atoms with van der Waals surface area (Å²) >= 11 is 0. The van der Waals surface area contributed by atoms with Crippen molar-refractivity contribution in [1.29, 1.82) is 0 Å². The molecular formula is C19H25NO3. The van der Waals surface area contributed by atoms with Gasteiger partial charge >= 0.3 is 0 Å². The average Bonchev–Trinajstić information content (AvgIpc) is 3.25. The molecule has 1 aliphatic carbocycles. The Balaban J connectivity index is 1.57. The summed E-state index contributed by atoms with van der Waals surface area (Å²) in [6.07, 6.45) is 8.22. The molecule has 0 spiro atoms. The zero-order valence-corrected chi connectivity index (χ0v) is 13.7. The first-order chi connectivity index (χ1) is 11.2. The highest BCUT2D eigenvalue weighted by atomic mass is 16.5. The molecule has 0 unspecified atom stereocenters. The van der Waals surface area contributed by atoms with E-state index in [-0.39, 0.29) is 17.9 Å². The van der Waals surface area contributed by atoms with Crippen LogP contribution in [0.1, 0.15) is 36.8 Å². The lowest BCUT2D eigenvalue weighted by molar-refractivity contribution is -0.124. The first-order valence-corrected chi connectivity index (χ1v) is 8.49. The molecule has 1 aromatic carbocycles. The van der Waals surface area contributed by atoms with E-state index < -0.39 is 0 Å². The second-order valence-electron chi connectivity index (χ2n) is 6.41. The second kappa shape index (κ2) is 7.64. The number of allylic oxidation sites excluding steroid dienone is 2. The third-order valence-corrected chi connectivity index (χ3v) is 4.50. The standard InChI is InChI=1S/C19H25NO3/c1-14-8-9-16(12-20-19(21)15-5-2-3-6-15)18(11-14)23-13-17-7-4-10-22-17/h2-3,8-9,11,15,17H,4-7,10,12-13H2,1H3,(H,20,21)/t17-/m0/s1. The number of hydrogen-bond donors (Lipinski definition) is 1. The highest BCUT2D eigenvalue weighted by Gasteiger charge is 2.20. The lowest BCUT2D eigenvalue weighted by Gasteiger charge is -2.16. The van der Waals surface area contributed by atoms with E-state index in [2.05, 4.69) is 23.5 Å². The molecule has 0 saturated carbocycles. The van der Waals surface area contributed by atoms with E-state index in [1.807, 2.05) is 19.1 Å². The zero-order chi connectivity index (χ0) is 16.1. The molecule has 0 bridgehead atoms. The fraction of sp³-hybridized carbons (Fsp3) is 0.526. The number of amides is 1. The SMILES string of the molecule is Cc1ccc(CNC(=O)C2CC=CC2)c(OC[C@@H]2CCCO2)c1. The quantitative estimate of drug-likeness (QED) is 0.821. The summed E-state index contributed by atoms with van der Waals surface area (Å²) in [5, 5.41) is 3.04. The highest BCUT2D eigenvalue weighted by molar-refractivity contribution is 5.79. The number of aryl methyl sites for hydroxylation is 1. The van der Waals surface area contributed by atoms with Crippen LogP contribution in [0.3, 0.4) is 0 Å². The lowest BCUT2D eigenvalue weighted by atomic mass is 10.1. The first kappa shape index (κ1) is 16.1. The lowest BCUT2D eigenvalue weighted by Crippen LogP contribution is -2.29. The monoisotopic (exact) mass is 315 g/mol. The minimum Gasteiger partial charge on any atom is -0.491 e. The van der Waals surface area contributed by atoms with Crippen molar-refractivity contribution in [3.63, 3.8) is 0 Å². The molecule has 124 valence electrons. The van der Waals surface area contributed by atoms with Crippen LogP contribution in [-0.4, -0.2) is 25.2 Å². The van der Waals surface area contributed by atoms with Crippen LogP contribution >= 0.6 is 0 Å². The second-order valence-corrected chi connectivity index (χ2v) is 6.41. The molecule has 1 heterocycles. The van der Waals surface area contributed by atoms with E-state index in [9.17, 15) is 4.79 Å². The Bertz CT molecular complexity index is 568. The van der Waals surface area contributed by atoms with Crippen molar-refractivity contribution in [3.05, 3.63) is 41.5 Å². The number of ether oxygens (including phenoxy) is 2. The Kier molecular flexibility index (Phi) is 5.34. The Morgan fingerprint density at radius 1 is 1.35 bits per heavy atom. The summed E-state index contributed by atoms with van der Waals surface area (Å²) in [7, 11) is 0. The number of rotatable bonds is 6. The predicted molar refractivity (Wildman–Crippen MR) is 89.4 cm³/mol. The van der Waals surface area contributed by atoms with E-state index in [0.29, 0.717) is 13.2 Å². The van der Waals surface area contributed by atoms with Crippen LogP contribution in [0.5, 0.6) is 5.75 Å². The number of carbonyl (C=O) groups is 1. The molecule has 0 radical (unpaired) electrons. The van der Waals surface area contributed by atoms with E-state index >= 15 is 0 Å². The predicted octanol–water partition coefficient (Wildman–Crippen LogP) is 3.14. The van der Waals surface area contributed by atoms with Gasteiger partial charge in [0, 0.05) is 24.6 Å². The van der Waals surface area contributed by atoms with Gasteiger partial charge < -0.3 is 14.8 Å². The molecule has 23 heavy (non-hydrogen) atoms. The number of carbonyl (C=O) groups excluding carboxylic acids is 1. The molecule has 1 atom stereocenters. The first-order valence-electron chi connectivity index (χ1n) is 8.49. The maximum absolute atomic E-state index is 12.2. The van der Waals surface area contributed by atoms with E-state index in [0.717, 1.165) is 49.2 Å². The molecule has 1 aromatic rings. The molecular weight excluding hydrogens is 290 g/mol. The van der Waals surface area contributed by atoms with Crippen LogP contribution in [0.2, 0.25) is 0 Å². The van der Waals surface area contributed by atoms with Gasteiger partial charge in [-0.1, -0.05) is 24.3 Å². The van der Waals surface area contributed by atoms with Crippen LogP contribution in [0.25, 0.3) is 0 Å². The van der Waals surface area contributed by atoms with Gasteiger partial charge in [0.25, 0.3) is 0 Å². The molecule has 1 amide bonds. The highest BCUT2D eigenvalue weighted by Crippen LogP contribution is 2.23. The van der Waals surface area contributed by atoms with Gasteiger partial charge in [0.2, 0.25) is 5.91 Å². The molecule has 1 N–H and O–H groups in total. The van der Waals surface area contributed by atoms with Crippen LogP contribution in [0, 0.1) is 12.8 Å². The fourth-order valence-corrected chi connectivity index (χ4v) is 3.06. The molecule has 2 aliphatic rings. The molecule has 1 fully saturated rings. The Morgan fingerprint density at radius 3 is 2.91 bits per heavy atom. The summed E-state index contributed by atoms with van der Waals surface area (Å²) in [6.45, 7) is 3.97. The Labute approximate surface area is 137 Å². The third-order valence-electron chi connectivity index (χ3n) is 4.50. The minimum absolute atomic E-state index is 0.0942. The summed E-state index contributed by atoms with van der Waals surface area (Å²) in [4.78, 5) is 12.2. The molecule has 4 nitrogen and oxygen atoms in total. The zero-order valence-electron chi connectivity index (χ0n) is 13.7. The van der Waals surface area contributed by atoms with E-state index in [4.69, 9.17) is 9.47 Å². The van der Waals surface area contributed by atoms with Crippen molar-refractivity contribution < 1.29 is 14.3 Å². The van der Waals surface area contributed by atoms with Gasteiger partial charge in [-0.15, -0.1) is 0 Å².